The van der Waals surface area contributed by atoms with Gasteiger partial charge in [0.15, 0.2) is 5.65 Å². The first-order valence-electron chi connectivity index (χ1n) is 6.74. The second-order valence-corrected chi connectivity index (χ2v) is 6.45. The number of alkyl halides is 1. The number of hydrogen-bond acceptors (Lipinski definition) is 2. The van der Waals surface area contributed by atoms with E-state index in [4.69, 9.17) is 11.6 Å². The van der Waals surface area contributed by atoms with E-state index < -0.39 is 0 Å². The highest BCUT2D eigenvalue weighted by atomic mass is 35.5. The van der Waals surface area contributed by atoms with E-state index in [0.717, 1.165) is 29.2 Å². The van der Waals surface area contributed by atoms with Crippen LogP contribution in [-0.2, 0) is 12.4 Å². The Bertz CT molecular complexity index is 584. The largest absolute Gasteiger partial charge is 0.311 e. The maximum Gasteiger partial charge on any atom is 0.160 e. The molecule has 0 aliphatic heterocycles. The summed E-state index contributed by atoms with van der Waals surface area (Å²) in [6, 6.07) is 4.01. The van der Waals surface area contributed by atoms with Gasteiger partial charge in [-0.05, 0) is 30.4 Å². The molecular formula is C15H22ClN3. The molecule has 2 heterocycles. The lowest BCUT2D eigenvalue weighted by molar-refractivity contribution is 0.210. The van der Waals surface area contributed by atoms with Crippen molar-refractivity contribution in [3.63, 3.8) is 0 Å². The van der Waals surface area contributed by atoms with Crippen molar-refractivity contribution in [2.24, 2.45) is 11.3 Å². The Morgan fingerprint density at radius 2 is 1.95 bits per heavy atom. The van der Waals surface area contributed by atoms with Crippen LogP contribution in [0.25, 0.3) is 11.2 Å². The highest BCUT2D eigenvalue weighted by molar-refractivity contribution is 6.16. The lowest BCUT2D eigenvalue weighted by Gasteiger charge is -2.30. The molecule has 0 fully saturated rings. The van der Waals surface area contributed by atoms with Crippen molar-refractivity contribution in [1.29, 1.82) is 0 Å². The van der Waals surface area contributed by atoms with Crippen molar-refractivity contribution >= 4 is 22.8 Å². The fraction of sp³-hybridized carbons (Fsp3) is 0.600. The van der Waals surface area contributed by atoms with Gasteiger partial charge in [0.05, 0.1) is 5.88 Å². The minimum Gasteiger partial charge on any atom is -0.311 e. The Morgan fingerprint density at radius 1 is 1.26 bits per heavy atom. The van der Waals surface area contributed by atoms with Crippen LogP contribution in [0.5, 0.6) is 0 Å². The van der Waals surface area contributed by atoms with Gasteiger partial charge < -0.3 is 4.57 Å². The van der Waals surface area contributed by atoms with Crippen LogP contribution in [0.1, 0.15) is 39.2 Å². The first kappa shape index (κ1) is 14.3. The zero-order valence-electron chi connectivity index (χ0n) is 12.4. The maximum absolute atomic E-state index is 6.04. The van der Waals surface area contributed by atoms with Gasteiger partial charge in [-0.25, -0.2) is 9.97 Å². The smallest absolute Gasteiger partial charge is 0.160 e. The van der Waals surface area contributed by atoms with Gasteiger partial charge in [-0.3, -0.25) is 0 Å². The maximum atomic E-state index is 6.04. The van der Waals surface area contributed by atoms with Crippen molar-refractivity contribution in [3.05, 3.63) is 23.7 Å². The highest BCUT2D eigenvalue weighted by Crippen LogP contribution is 2.30. The molecule has 0 aliphatic rings. The molecule has 0 aliphatic carbocycles. The van der Waals surface area contributed by atoms with Crippen LogP contribution in [0, 0.1) is 18.3 Å². The summed E-state index contributed by atoms with van der Waals surface area (Å²) in [7, 11) is 0. The Kier molecular flexibility index (Phi) is 3.86. The summed E-state index contributed by atoms with van der Waals surface area (Å²) in [5.41, 5.74) is 3.07. The van der Waals surface area contributed by atoms with Crippen molar-refractivity contribution in [3.8, 4) is 0 Å². The summed E-state index contributed by atoms with van der Waals surface area (Å²) in [6.45, 7) is 11.9. The van der Waals surface area contributed by atoms with Crippen LogP contribution in [0.15, 0.2) is 12.1 Å². The fourth-order valence-electron chi connectivity index (χ4n) is 2.00. The molecule has 2 aromatic rings. The van der Waals surface area contributed by atoms with Gasteiger partial charge in [-0.15, -0.1) is 11.6 Å². The lowest BCUT2D eigenvalue weighted by Crippen LogP contribution is -2.26. The Hall–Kier alpha value is -1.09. The van der Waals surface area contributed by atoms with Gasteiger partial charge in [-0.1, -0.05) is 27.7 Å². The number of nitrogens with zero attached hydrogens (tertiary/aromatic N) is 3. The van der Waals surface area contributed by atoms with E-state index in [9.17, 15) is 0 Å². The predicted molar refractivity (Wildman–Crippen MR) is 80.4 cm³/mol. The van der Waals surface area contributed by atoms with Crippen LogP contribution >= 0.6 is 11.6 Å². The standard InChI is InChI=1S/C15H22ClN3/c1-10(2)15(4,5)9-19-13(8-16)18-12-7-6-11(3)17-14(12)19/h6-7,10H,8-9H2,1-5H3. The Morgan fingerprint density at radius 3 is 2.53 bits per heavy atom. The normalized spacial score (nSPS) is 12.6. The lowest BCUT2D eigenvalue weighted by atomic mass is 9.81. The molecule has 2 rings (SSSR count). The van der Waals surface area contributed by atoms with Gasteiger partial charge in [0.1, 0.15) is 11.3 Å². The van der Waals surface area contributed by atoms with Crippen LogP contribution < -0.4 is 0 Å². The third-order valence-corrected chi connectivity index (χ3v) is 4.30. The zero-order valence-corrected chi connectivity index (χ0v) is 13.1. The summed E-state index contributed by atoms with van der Waals surface area (Å²) in [6.07, 6.45) is 0. The van der Waals surface area contributed by atoms with Crippen LogP contribution in [0.3, 0.4) is 0 Å². The van der Waals surface area contributed by atoms with Crippen LogP contribution in [0.4, 0.5) is 0 Å². The van der Waals surface area contributed by atoms with Crippen LogP contribution in [-0.4, -0.2) is 14.5 Å². The molecule has 0 N–H and O–H groups in total. The minimum atomic E-state index is 0.180. The number of fused-ring (bicyclic) bond motifs is 1. The molecule has 0 atom stereocenters. The van der Waals surface area contributed by atoms with E-state index in [1.54, 1.807) is 0 Å². The average Bonchev–Trinajstić information content (AvgIpc) is 2.66. The van der Waals surface area contributed by atoms with Gasteiger partial charge in [0.25, 0.3) is 0 Å². The molecule has 0 unspecified atom stereocenters. The second-order valence-electron chi connectivity index (χ2n) is 6.19. The zero-order chi connectivity index (χ0) is 14.2. The van der Waals surface area contributed by atoms with Crippen molar-refractivity contribution in [1.82, 2.24) is 14.5 Å². The molecule has 0 spiro atoms. The number of pyridine rings is 1. The third kappa shape index (κ3) is 2.76. The quantitative estimate of drug-likeness (QED) is 0.787. The topological polar surface area (TPSA) is 30.7 Å². The van der Waals surface area contributed by atoms with E-state index in [1.807, 2.05) is 19.1 Å². The molecule has 0 saturated carbocycles. The van der Waals surface area contributed by atoms with E-state index in [-0.39, 0.29) is 5.41 Å². The monoisotopic (exact) mass is 279 g/mol. The second kappa shape index (κ2) is 5.12. The number of hydrogen-bond donors (Lipinski definition) is 0. The molecule has 2 aromatic heterocycles. The van der Waals surface area contributed by atoms with E-state index >= 15 is 0 Å². The summed E-state index contributed by atoms with van der Waals surface area (Å²) in [5.74, 6) is 1.91. The van der Waals surface area contributed by atoms with Crippen molar-refractivity contribution < 1.29 is 0 Å². The Labute approximate surface area is 120 Å². The average molecular weight is 280 g/mol. The number of imidazole rings is 1. The van der Waals surface area contributed by atoms with Crippen LogP contribution in [0.2, 0.25) is 0 Å². The SMILES string of the molecule is Cc1ccc2nc(CCl)n(CC(C)(C)C(C)C)c2n1. The molecular weight excluding hydrogens is 258 g/mol. The summed E-state index contributed by atoms with van der Waals surface area (Å²) in [5, 5.41) is 0. The highest BCUT2D eigenvalue weighted by Gasteiger charge is 2.25. The molecule has 3 nitrogen and oxygen atoms in total. The number of aryl methyl sites for hydroxylation is 1. The Balaban J connectivity index is 2.54. The van der Waals surface area contributed by atoms with Gasteiger partial charge in [0, 0.05) is 12.2 Å². The number of aromatic nitrogens is 3. The molecule has 0 aromatic carbocycles. The molecule has 0 radical (unpaired) electrons. The van der Waals surface area contributed by atoms with Gasteiger partial charge in [0.2, 0.25) is 0 Å². The summed E-state index contributed by atoms with van der Waals surface area (Å²) >= 11 is 6.04. The third-order valence-electron chi connectivity index (χ3n) is 4.06. The first-order valence-corrected chi connectivity index (χ1v) is 7.27. The summed E-state index contributed by atoms with van der Waals surface area (Å²) < 4.78 is 2.18. The van der Waals surface area contributed by atoms with Gasteiger partial charge in [-0.2, -0.15) is 0 Å². The molecule has 0 bridgehead atoms. The number of halogens is 1. The van der Waals surface area contributed by atoms with E-state index in [0.29, 0.717) is 11.8 Å². The molecule has 104 valence electrons. The molecule has 19 heavy (non-hydrogen) atoms. The van der Waals surface area contributed by atoms with E-state index in [2.05, 4.69) is 42.2 Å². The summed E-state index contributed by atoms with van der Waals surface area (Å²) in [4.78, 5) is 9.21. The fourth-order valence-corrected chi connectivity index (χ4v) is 2.21. The minimum absolute atomic E-state index is 0.180. The number of rotatable bonds is 4. The van der Waals surface area contributed by atoms with Crippen molar-refractivity contribution in [2.45, 2.75) is 47.0 Å². The molecule has 0 amide bonds. The molecule has 0 saturated heterocycles. The predicted octanol–water partition coefficient (Wildman–Crippen LogP) is 4.16. The van der Waals surface area contributed by atoms with Crippen molar-refractivity contribution in [2.75, 3.05) is 0 Å². The first-order chi connectivity index (χ1) is 8.85. The van der Waals surface area contributed by atoms with Gasteiger partial charge >= 0.3 is 0 Å². The molecule has 4 heteroatoms. The van der Waals surface area contributed by atoms with E-state index in [1.165, 1.54) is 0 Å².